The Balaban J connectivity index is 0.00000261. The van der Waals surface area contributed by atoms with Crippen LogP contribution < -0.4 is 10.6 Å². The van der Waals surface area contributed by atoms with Gasteiger partial charge < -0.3 is 10.6 Å². The van der Waals surface area contributed by atoms with Crippen molar-refractivity contribution in [3.63, 3.8) is 0 Å². The Morgan fingerprint density at radius 2 is 1.93 bits per heavy atom. The lowest BCUT2D eigenvalue weighted by Crippen LogP contribution is -2.35. The molecule has 2 heterocycles. The van der Waals surface area contributed by atoms with Crippen molar-refractivity contribution in [3.05, 3.63) is 65.2 Å². The summed E-state index contributed by atoms with van der Waals surface area (Å²) in [5.41, 5.74) is 4.81. The van der Waals surface area contributed by atoms with Gasteiger partial charge in [0.1, 0.15) is 6.04 Å². The topological polar surface area (TPSA) is 76.8 Å². The quantitative estimate of drug-likeness (QED) is 0.678. The molecular weight excluding hydrogens is 364 g/mol. The average Bonchev–Trinajstić information content (AvgIpc) is 3.18. The molecule has 1 aromatic carbocycles. The Hall–Kier alpha value is -2.64. The highest BCUT2D eigenvalue weighted by Gasteiger charge is 2.21. The second-order valence-corrected chi connectivity index (χ2v) is 6.28. The number of benzene rings is 1. The third kappa shape index (κ3) is 4.37. The lowest BCUT2D eigenvalue weighted by molar-refractivity contribution is -0.123. The van der Waals surface area contributed by atoms with Gasteiger partial charge in [0, 0.05) is 36.6 Å². The molecule has 1 amide bonds. The lowest BCUT2D eigenvalue weighted by atomic mass is 10.1. The fraction of sp³-hybridized carbons (Fsp3) is 0.316. The summed E-state index contributed by atoms with van der Waals surface area (Å²) in [5, 5.41) is 14.8. The van der Waals surface area contributed by atoms with E-state index in [0.29, 0.717) is 6.54 Å². The number of aryl methyl sites for hydroxylation is 2. The van der Waals surface area contributed by atoms with Gasteiger partial charge >= 0.3 is 0 Å². The number of nitrogens with one attached hydrogen (secondary N) is 2. The molecule has 0 aliphatic heterocycles. The minimum Gasteiger partial charge on any atom is -0.350 e. The van der Waals surface area contributed by atoms with Crippen molar-refractivity contribution in [2.24, 2.45) is 7.05 Å². The van der Waals surface area contributed by atoms with Crippen LogP contribution in [-0.4, -0.2) is 32.5 Å². The van der Waals surface area contributed by atoms with Gasteiger partial charge in [0.05, 0.1) is 17.6 Å². The van der Waals surface area contributed by atoms with Gasteiger partial charge in [0.15, 0.2) is 0 Å². The molecule has 0 bridgehead atoms. The van der Waals surface area contributed by atoms with Gasteiger partial charge in [0.2, 0.25) is 5.91 Å². The van der Waals surface area contributed by atoms with Crippen molar-refractivity contribution >= 4 is 18.3 Å². The third-order valence-electron chi connectivity index (χ3n) is 4.49. The Morgan fingerprint density at radius 3 is 2.52 bits per heavy atom. The number of amides is 1. The molecule has 2 N–H and O–H groups in total. The number of nitrogens with zero attached hydrogens (tertiary/aromatic N) is 4. The van der Waals surface area contributed by atoms with E-state index >= 15 is 0 Å². The van der Waals surface area contributed by atoms with E-state index in [2.05, 4.69) is 20.8 Å². The summed E-state index contributed by atoms with van der Waals surface area (Å²) >= 11 is 0. The lowest BCUT2D eigenvalue weighted by Gasteiger charge is -2.14. The minimum atomic E-state index is -0.437. The van der Waals surface area contributed by atoms with Gasteiger partial charge in [-0.25, -0.2) is 4.68 Å². The standard InChI is InChI=1S/C19H24N6O.ClH/c1-13-17(14(2)25(23-13)16-8-6-5-7-9-16)11-21-19(26)18(20-3)15-10-22-24(4)12-15;/h5-10,12,18,20H,11H2,1-4H3,(H,21,26);1H. The number of hydrogen-bond acceptors (Lipinski definition) is 4. The zero-order valence-corrected chi connectivity index (χ0v) is 16.7. The van der Waals surface area contributed by atoms with Crippen LogP contribution in [0.4, 0.5) is 0 Å². The van der Waals surface area contributed by atoms with Gasteiger partial charge in [-0.2, -0.15) is 10.2 Å². The van der Waals surface area contributed by atoms with Crippen molar-refractivity contribution in [2.75, 3.05) is 7.05 Å². The molecule has 2 aromatic heterocycles. The number of halogens is 1. The van der Waals surface area contributed by atoms with Crippen LogP contribution >= 0.6 is 12.4 Å². The third-order valence-corrected chi connectivity index (χ3v) is 4.49. The van der Waals surface area contributed by atoms with Crippen LogP contribution in [0.25, 0.3) is 5.69 Å². The summed E-state index contributed by atoms with van der Waals surface area (Å²) in [6, 6.07) is 9.54. The van der Waals surface area contributed by atoms with Crippen LogP contribution in [0, 0.1) is 13.8 Å². The van der Waals surface area contributed by atoms with Gasteiger partial charge in [0.25, 0.3) is 0 Å². The molecule has 0 radical (unpaired) electrons. The first-order valence-corrected chi connectivity index (χ1v) is 8.55. The van der Waals surface area contributed by atoms with Crippen molar-refractivity contribution in [1.82, 2.24) is 30.2 Å². The number of carbonyl (C=O) groups is 1. The Labute approximate surface area is 165 Å². The second-order valence-electron chi connectivity index (χ2n) is 6.28. The molecule has 3 rings (SSSR count). The maximum absolute atomic E-state index is 12.6. The molecule has 1 unspecified atom stereocenters. The Morgan fingerprint density at radius 1 is 1.22 bits per heavy atom. The zero-order valence-electron chi connectivity index (χ0n) is 15.9. The van der Waals surface area contributed by atoms with E-state index in [1.54, 1.807) is 17.9 Å². The maximum Gasteiger partial charge on any atom is 0.242 e. The van der Waals surface area contributed by atoms with E-state index in [4.69, 9.17) is 0 Å². The summed E-state index contributed by atoms with van der Waals surface area (Å²) in [6.45, 7) is 4.41. The first-order chi connectivity index (χ1) is 12.5. The van der Waals surface area contributed by atoms with E-state index in [1.165, 1.54) is 0 Å². The molecule has 0 aliphatic rings. The number of likely N-dealkylation sites (N-methyl/N-ethyl adjacent to an activating group) is 1. The van der Waals surface area contributed by atoms with Crippen LogP contribution in [0.2, 0.25) is 0 Å². The summed E-state index contributed by atoms with van der Waals surface area (Å²) in [4.78, 5) is 12.6. The fourth-order valence-corrected chi connectivity index (χ4v) is 3.07. The summed E-state index contributed by atoms with van der Waals surface area (Å²) in [5.74, 6) is -0.0910. The van der Waals surface area contributed by atoms with Gasteiger partial charge in [-0.15, -0.1) is 12.4 Å². The first kappa shape index (κ1) is 20.7. The van der Waals surface area contributed by atoms with Crippen LogP contribution in [0.3, 0.4) is 0 Å². The first-order valence-electron chi connectivity index (χ1n) is 8.55. The van der Waals surface area contributed by atoms with E-state index in [0.717, 1.165) is 28.2 Å². The minimum absolute atomic E-state index is 0. The van der Waals surface area contributed by atoms with Crippen LogP contribution in [0.5, 0.6) is 0 Å². The molecule has 8 heteroatoms. The predicted molar refractivity (Wildman–Crippen MR) is 107 cm³/mol. The van der Waals surface area contributed by atoms with Crippen LogP contribution in [0.15, 0.2) is 42.7 Å². The van der Waals surface area contributed by atoms with Gasteiger partial charge in [-0.1, -0.05) is 18.2 Å². The number of carbonyl (C=O) groups excluding carboxylic acids is 1. The van der Waals surface area contributed by atoms with Crippen molar-refractivity contribution in [3.8, 4) is 5.69 Å². The highest BCUT2D eigenvalue weighted by Crippen LogP contribution is 2.18. The van der Waals surface area contributed by atoms with Gasteiger partial charge in [-0.3, -0.25) is 9.48 Å². The largest absolute Gasteiger partial charge is 0.350 e. The molecule has 0 saturated heterocycles. The van der Waals surface area contributed by atoms with E-state index in [1.807, 2.05) is 62.1 Å². The fourth-order valence-electron chi connectivity index (χ4n) is 3.07. The molecule has 144 valence electrons. The van der Waals surface area contributed by atoms with E-state index in [9.17, 15) is 4.79 Å². The molecule has 1 atom stereocenters. The Kier molecular flexibility index (Phi) is 6.76. The molecule has 7 nitrogen and oxygen atoms in total. The molecule has 0 saturated carbocycles. The van der Waals surface area contributed by atoms with Crippen molar-refractivity contribution < 1.29 is 4.79 Å². The monoisotopic (exact) mass is 388 g/mol. The predicted octanol–water partition coefficient (Wildman–Crippen LogP) is 2.22. The number of para-hydroxylation sites is 1. The van der Waals surface area contributed by atoms with Crippen molar-refractivity contribution in [2.45, 2.75) is 26.4 Å². The normalized spacial score (nSPS) is 11.7. The highest BCUT2D eigenvalue weighted by molar-refractivity contribution is 5.85. The smallest absolute Gasteiger partial charge is 0.242 e. The molecule has 27 heavy (non-hydrogen) atoms. The number of rotatable bonds is 6. The molecule has 0 spiro atoms. The summed E-state index contributed by atoms with van der Waals surface area (Å²) < 4.78 is 3.60. The van der Waals surface area contributed by atoms with E-state index < -0.39 is 6.04 Å². The van der Waals surface area contributed by atoms with Crippen LogP contribution in [-0.2, 0) is 18.4 Å². The summed E-state index contributed by atoms with van der Waals surface area (Å²) in [6.07, 6.45) is 3.54. The summed E-state index contributed by atoms with van der Waals surface area (Å²) in [7, 11) is 3.60. The SMILES string of the molecule is CNC(C(=O)NCc1c(C)nn(-c2ccccc2)c1C)c1cnn(C)c1.Cl. The maximum atomic E-state index is 12.6. The van der Waals surface area contributed by atoms with Crippen molar-refractivity contribution in [1.29, 1.82) is 0 Å². The molecule has 3 aromatic rings. The molecule has 0 fully saturated rings. The molecule has 0 aliphatic carbocycles. The number of aromatic nitrogens is 4. The zero-order chi connectivity index (χ0) is 18.7. The van der Waals surface area contributed by atoms with Gasteiger partial charge in [-0.05, 0) is 33.0 Å². The van der Waals surface area contributed by atoms with E-state index in [-0.39, 0.29) is 18.3 Å². The average molecular weight is 389 g/mol. The van der Waals surface area contributed by atoms with Crippen LogP contribution in [0.1, 0.15) is 28.6 Å². The highest BCUT2D eigenvalue weighted by atomic mass is 35.5. The molecular formula is C19H25ClN6O. The Bertz CT molecular complexity index is 902. The second kappa shape index (κ2) is 8.83. The number of hydrogen-bond donors (Lipinski definition) is 2.